The lowest BCUT2D eigenvalue weighted by Gasteiger charge is -2.18. The SMILES string of the molecule is COc1ccc(C(=O)Oc2ccc(/C=N/NC(=O)OC(C)(C)C)cc2OC)cc1. The number of benzene rings is 2. The number of methoxy groups -OCH3 is 2. The Morgan fingerprint density at radius 3 is 2.24 bits per heavy atom. The molecular weight excluding hydrogens is 376 g/mol. The highest BCUT2D eigenvalue weighted by atomic mass is 16.6. The lowest BCUT2D eigenvalue weighted by atomic mass is 10.2. The highest BCUT2D eigenvalue weighted by Crippen LogP contribution is 2.28. The molecular formula is C21H24N2O6. The molecule has 8 nitrogen and oxygen atoms in total. The Labute approximate surface area is 169 Å². The number of esters is 1. The van der Waals surface area contributed by atoms with Gasteiger partial charge in [0.15, 0.2) is 11.5 Å². The molecule has 2 aromatic rings. The number of hydrazone groups is 1. The van der Waals surface area contributed by atoms with Gasteiger partial charge in [-0.1, -0.05) is 0 Å². The van der Waals surface area contributed by atoms with Crippen LogP contribution in [0.3, 0.4) is 0 Å². The van der Waals surface area contributed by atoms with Gasteiger partial charge >= 0.3 is 12.1 Å². The van der Waals surface area contributed by atoms with Crippen LogP contribution in [0, 0.1) is 0 Å². The van der Waals surface area contributed by atoms with Crippen molar-refractivity contribution in [1.29, 1.82) is 0 Å². The van der Waals surface area contributed by atoms with Crippen molar-refractivity contribution < 1.29 is 28.5 Å². The summed E-state index contributed by atoms with van der Waals surface area (Å²) in [6, 6.07) is 11.4. The molecule has 154 valence electrons. The zero-order valence-electron chi connectivity index (χ0n) is 17.0. The summed E-state index contributed by atoms with van der Waals surface area (Å²) < 4.78 is 20.8. The molecule has 1 N–H and O–H groups in total. The number of nitrogens with one attached hydrogen (secondary N) is 1. The molecule has 8 heteroatoms. The van der Waals surface area contributed by atoms with E-state index in [0.717, 1.165) is 0 Å². The van der Waals surface area contributed by atoms with Crippen LogP contribution in [0.2, 0.25) is 0 Å². The molecule has 2 rings (SSSR count). The van der Waals surface area contributed by atoms with Crippen LogP contribution in [0.25, 0.3) is 0 Å². The van der Waals surface area contributed by atoms with Crippen molar-refractivity contribution in [1.82, 2.24) is 5.43 Å². The van der Waals surface area contributed by atoms with E-state index in [9.17, 15) is 9.59 Å². The van der Waals surface area contributed by atoms with Crippen molar-refractivity contribution in [3.8, 4) is 17.2 Å². The highest BCUT2D eigenvalue weighted by Gasteiger charge is 2.15. The molecule has 0 saturated carbocycles. The lowest BCUT2D eigenvalue weighted by molar-refractivity contribution is 0.0529. The summed E-state index contributed by atoms with van der Waals surface area (Å²) in [5.74, 6) is 0.709. The lowest BCUT2D eigenvalue weighted by Crippen LogP contribution is -2.29. The van der Waals surface area contributed by atoms with Crippen LogP contribution in [0.5, 0.6) is 17.2 Å². The van der Waals surface area contributed by atoms with E-state index in [1.54, 1.807) is 70.3 Å². The number of amides is 1. The van der Waals surface area contributed by atoms with E-state index in [1.165, 1.54) is 13.3 Å². The molecule has 0 unspecified atom stereocenters. The zero-order chi connectivity index (χ0) is 21.4. The minimum atomic E-state index is -0.661. The summed E-state index contributed by atoms with van der Waals surface area (Å²) in [5.41, 5.74) is 2.66. The van der Waals surface area contributed by atoms with Crippen molar-refractivity contribution in [2.45, 2.75) is 26.4 Å². The van der Waals surface area contributed by atoms with E-state index in [2.05, 4.69) is 10.5 Å². The Morgan fingerprint density at radius 2 is 1.66 bits per heavy atom. The highest BCUT2D eigenvalue weighted by molar-refractivity contribution is 5.91. The average Bonchev–Trinajstić information content (AvgIpc) is 2.67. The monoisotopic (exact) mass is 400 g/mol. The molecule has 29 heavy (non-hydrogen) atoms. The first-order chi connectivity index (χ1) is 13.7. The summed E-state index contributed by atoms with van der Waals surface area (Å²) in [7, 11) is 3.01. The Bertz CT molecular complexity index is 885. The first-order valence-corrected chi connectivity index (χ1v) is 8.78. The molecule has 0 fully saturated rings. The van der Waals surface area contributed by atoms with Gasteiger partial charge in [0.2, 0.25) is 0 Å². The predicted molar refractivity (Wildman–Crippen MR) is 108 cm³/mol. The molecule has 1 amide bonds. The normalized spacial score (nSPS) is 11.1. The van der Waals surface area contributed by atoms with Crippen molar-refractivity contribution in [2.24, 2.45) is 5.10 Å². The van der Waals surface area contributed by atoms with Crippen LogP contribution < -0.4 is 19.6 Å². The fraction of sp³-hybridized carbons (Fsp3) is 0.286. The first-order valence-electron chi connectivity index (χ1n) is 8.78. The van der Waals surface area contributed by atoms with Gasteiger partial charge in [-0.25, -0.2) is 15.0 Å². The average molecular weight is 400 g/mol. The zero-order valence-corrected chi connectivity index (χ0v) is 17.0. The van der Waals surface area contributed by atoms with Crippen molar-refractivity contribution in [3.05, 3.63) is 53.6 Å². The summed E-state index contributed by atoms with van der Waals surface area (Å²) in [4.78, 5) is 23.9. The quantitative estimate of drug-likeness (QED) is 0.343. The Balaban J connectivity index is 2.04. The molecule has 0 aliphatic carbocycles. The van der Waals surface area contributed by atoms with Crippen molar-refractivity contribution >= 4 is 18.3 Å². The molecule has 2 aromatic carbocycles. The Kier molecular flexibility index (Phi) is 7.19. The molecule has 0 bridgehead atoms. The fourth-order valence-electron chi connectivity index (χ4n) is 2.20. The van der Waals surface area contributed by atoms with Crippen LogP contribution in [-0.4, -0.2) is 38.1 Å². The molecule has 0 aliphatic heterocycles. The maximum atomic E-state index is 12.3. The van der Waals surface area contributed by atoms with Crippen LogP contribution in [0.4, 0.5) is 4.79 Å². The minimum absolute atomic E-state index is 0.255. The summed E-state index contributed by atoms with van der Waals surface area (Å²) >= 11 is 0. The van der Waals surface area contributed by atoms with Gasteiger partial charge in [-0.3, -0.25) is 0 Å². The third-order valence-corrected chi connectivity index (χ3v) is 3.48. The Morgan fingerprint density at radius 1 is 0.966 bits per heavy atom. The molecule has 0 aliphatic rings. The number of carbonyl (C=O) groups excluding carboxylic acids is 2. The van der Waals surface area contributed by atoms with Crippen LogP contribution in [-0.2, 0) is 4.74 Å². The second-order valence-corrected chi connectivity index (χ2v) is 6.90. The van der Waals surface area contributed by atoms with Gasteiger partial charge in [0.1, 0.15) is 11.4 Å². The van der Waals surface area contributed by atoms with E-state index in [1.807, 2.05) is 0 Å². The van der Waals surface area contributed by atoms with Gasteiger partial charge < -0.3 is 18.9 Å². The van der Waals surface area contributed by atoms with Crippen LogP contribution in [0.1, 0.15) is 36.7 Å². The van der Waals surface area contributed by atoms with E-state index >= 15 is 0 Å². The number of carbonyl (C=O) groups is 2. The molecule has 0 spiro atoms. The Hall–Kier alpha value is -3.55. The minimum Gasteiger partial charge on any atom is -0.497 e. The van der Waals surface area contributed by atoms with Gasteiger partial charge in [-0.15, -0.1) is 0 Å². The third kappa shape index (κ3) is 6.84. The molecule has 0 radical (unpaired) electrons. The number of ether oxygens (including phenoxy) is 4. The van der Waals surface area contributed by atoms with Gasteiger partial charge in [0, 0.05) is 0 Å². The number of rotatable bonds is 6. The van der Waals surface area contributed by atoms with Crippen LogP contribution >= 0.6 is 0 Å². The van der Waals surface area contributed by atoms with Crippen molar-refractivity contribution in [2.75, 3.05) is 14.2 Å². The number of hydrogen-bond donors (Lipinski definition) is 1. The summed E-state index contributed by atoms with van der Waals surface area (Å²) in [5, 5.41) is 3.83. The molecule has 0 saturated heterocycles. The second-order valence-electron chi connectivity index (χ2n) is 6.90. The largest absolute Gasteiger partial charge is 0.497 e. The standard InChI is InChI=1S/C21H24N2O6/c1-21(2,3)29-20(25)23-22-13-14-6-11-17(18(12-14)27-5)28-19(24)15-7-9-16(26-4)10-8-15/h6-13H,1-5H3,(H,23,25)/b22-13+. The van der Waals surface area contributed by atoms with Gasteiger partial charge in [0.05, 0.1) is 26.0 Å². The van der Waals surface area contributed by atoms with Gasteiger partial charge in [-0.2, -0.15) is 5.10 Å². The third-order valence-electron chi connectivity index (χ3n) is 3.48. The summed E-state index contributed by atoms with van der Waals surface area (Å²) in [6.07, 6.45) is 0.757. The first kappa shape index (κ1) is 21.7. The molecule has 0 atom stereocenters. The van der Waals surface area contributed by atoms with E-state index in [0.29, 0.717) is 22.6 Å². The van der Waals surface area contributed by atoms with Crippen molar-refractivity contribution in [3.63, 3.8) is 0 Å². The van der Waals surface area contributed by atoms with Crippen LogP contribution in [0.15, 0.2) is 47.6 Å². The smallest absolute Gasteiger partial charge is 0.428 e. The molecule has 0 heterocycles. The van der Waals surface area contributed by atoms with E-state index < -0.39 is 17.7 Å². The van der Waals surface area contributed by atoms with Gasteiger partial charge in [0.25, 0.3) is 0 Å². The maximum Gasteiger partial charge on any atom is 0.428 e. The maximum absolute atomic E-state index is 12.3. The van der Waals surface area contributed by atoms with Gasteiger partial charge in [-0.05, 0) is 68.8 Å². The number of hydrogen-bond acceptors (Lipinski definition) is 7. The predicted octanol–water partition coefficient (Wildman–Crippen LogP) is 3.78. The second kappa shape index (κ2) is 9.59. The summed E-state index contributed by atoms with van der Waals surface area (Å²) in [6.45, 7) is 5.27. The number of nitrogens with zero attached hydrogens (tertiary/aromatic N) is 1. The molecule has 0 aromatic heterocycles. The topological polar surface area (TPSA) is 95.5 Å². The van der Waals surface area contributed by atoms with E-state index in [4.69, 9.17) is 18.9 Å². The van der Waals surface area contributed by atoms with E-state index in [-0.39, 0.29) is 5.75 Å². The fourth-order valence-corrected chi connectivity index (χ4v) is 2.20.